The second-order valence-corrected chi connectivity index (χ2v) is 9.87. The summed E-state index contributed by atoms with van der Waals surface area (Å²) in [5.74, 6) is -1.26. The van der Waals surface area contributed by atoms with E-state index in [0.29, 0.717) is 13.0 Å². The molecule has 3 heterocycles. The molecule has 0 aromatic heterocycles. The molecule has 6 nitrogen and oxygen atoms in total. The molecule has 2 bridgehead atoms. The van der Waals surface area contributed by atoms with Crippen molar-refractivity contribution in [1.82, 2.24) is 10.2 Å². The molecule has 6 heteroatoms. The number of likely N-dealkylation sites (tertiary alicyclic amines) is 1. The van der Waals surface area contributed by atoms with E-state index in [1.165, 1.54) is 16.3 Å². The number of carbonyl (C=O) groups is 2. The van der Waals surface area contributed by atoms with Gasteiger partial charge in [-0.3, -0.25) is 14.5 Å². The average Bonchev–Trinajstić information content (AvgIpc) is 2.87. The van der Waals surface area contributed by atoms with Crippen LogP contribution in [0.3, 0.4) is 0 Å². The third-order valence-corrected chi connectivity index (χ3v) is 8.14. The molecule has 3 aromatic carbocycles. The number of nitrogens with zero attached hydrogens (tertiary/aromatic N) is 1. The topological polar surface area (TPSA) is 67.9 Å². The van der Waals surface area contributed by atoms with Crippen molar-refractivity contribution in [3.8, 4) is 5.75 Å². The number of esters is 1. The molecular formula is C29H30N2O4. The lowest BCUT2D eigenvalue weighted by molar-refractivity contribution is -0.175. The number of rotatable bonds is 4. The fourth-order valence-corrected chi connectivity index (χ4v) is 6.47. The van der Waals surface area contributed by atoms with Crippen molar-refractivity contribution in [2.45, 2.75) is 38.0 Å². The van der Waals surface area contributed by atoms with Crippen LogP contribution in [0.5, 0.6) is 5.75 Å². The Bertz CT molecular complexity index is 1300. The third-order valence-electron chi connectivity index (χ3n) is 8.14. The normalized spacial score (nSPS) is 28.3. The molecule has 180 valence electrons. The van der Waals surface area contributed by atoms with E-state index in [-0.39, 0.29) is 30.4 Å². The van der Waals surface area contributed by atoms with Gasteiger partial charge in [-0.05, 0) is 41.8 Å². The minimum Gasteiger partial charge on any atom is -0.467 e. The molecule has 0 aliphatic carbocycles. The number of hydrogen-bond acceptors (Lipinski definition) is 5. The monoisotopic (exact) mass is 470 g/mol. The minimum absolute atomic E-state index is 0.0734. The molecule has 3 aromatic rings. The molecule has 1 amide bonds. The first-order chi connectivity index (χ1) is 17.0. The van der Waals surface area contributed by atoms with Crippen LogP contribution in [0.4, 0.5) is 0 Å². The van der Waals surface area contributed by atoms with Crippen LogP contribution in [0.25, 0.3) is 10.8 Å². The number of carbonyl (C=O) groups excluding carboxylic acids is 2. The van der Waals surface area contributed by atoms with Crippen molar-refractivity contribution in [2.75, 3.05) is 19.7 Å². The zero-order valence-corrected chi connectivity index (χ0v) is 20.1. The standard InChI is InChI=1S/C29H30N2O4/c1-3-34-28(33)26-25-22-12-6-7-14-24(22)35-29(30-27(26)32)15-16-31(17-23(25)29)18(2)20-13-8-10-19-9-4-5-11-21(19)20/h4-14,18,23,25-26H,3,15-17H2,1-2H3,(H,30,32)/t18-,23?,25?,26?,29?/m1/s1. The molecule has 3 aliphatic heterocycles. The van der Waals surface area contributed by atoms with Gasteiger partial charge in [-0.25, -0.2) is 0 Å². The number of hydrogen-bond donors (Lipinski definition) is 1. The van der Waals surface area contributed by atoms with Gasteiger partial charge in [0.1, 0.15) is 11.7 Å². The van der Waals surface area contributed by atoms with Crippen LogP contribution in [0, 0.1) is 11.8 Å². The van der Waals surface area contributed by atoms with Crippen LogP contribution in [-0.4, -0.2) is 42.2 Å². The van der Waals surface area contributed by atoms with Crippen LogP contribution < -0.4 is 10.1 Å². The van der Waals surface area contributed by atoms with Gasteiger partial charge in [0.2, 0.25) is 5.91 Å². The smallest absolute Gasteiger partial charge is 0.319 e. The Kier molecular flexibility index (Phi) is 5.29. The Morgan fingerprint density at radius 2 is 1.91 bits per heavy atom. The van der Waals surface area contributed by atoms with Crippen LogP contribution in [0.15, 0.2) is 66.7 Å². The Labute approximate surface area is 205 Å². The fourth-order valence-electron chi connectivity index (χ4n) is 6.47. The molecule has 1 N–H and O–H groups in total. The van der Waals surface area contributed by atoms with E-state index in [4.69, 9.17) is 9.47 Å². The highest BCUT2D eigenvalue weighted by Gasteiger charge is 2.62. The van der Waals surface area contributed by atoms with Crippen molar-refractivity contribution >= 4 is 22.6 Å². The first-order valence-corrected chi connectivity index (χ1v) is 12.5. The second kappa shape index (κ2) is 8.38. The van der Waals surface area contributed by atoms with E-state index in [2.05, 4.69) is 59.6 Å². The number of benzene rings is 3. The van der Waals surface area contributed by atoms with Gasteiger partial charge in [0.05, 0.1) is 6.61 Å². The lowest BCUT2D eigenvalue weighted by Crippen LogP contribution is -2.73. The van der Waals surface area contributed by atoms with Gasteiger partial charge in [0, 0.05) is 37.4 Å². The Morgan fingerprint density at radius 1 is 1.14 bits per heavy atom. The van der Waals surface area contributed by atoms with E-state index in [0.717, 1.165) is 17.9 Å². The summed E-state index contributed by atoms with van der Waals surface area (Å²) in [4.78, 5) is 28.8. The molecule has 0 saturated carbocycles. The molecule has 0 radical (unpaired) electrons. The maximum Gasteiger partial charge on any atom is 0.319 e. The SMILES string of the molecule is CCOC(=O)C1C(=O)NC23CCN([C@H](C)c4cccc5ccccc45)CC2C1c1ccccc1O3. The summed E-state index contributed by atoms with van der Waals surface area (Å²) in [5.41, 5.74) is 1.39. The average molecular weight is 471 g/mol. The largest absolute Gasteiger partial charge is 0.467 e. The van der Waals surface area contributed by atoms with Gasteiger partial charge < -0.3 is 14.8 Å². The highest BCUT2D eigenvalue weighted by atomic mass is 16.5. The third kappa shape index (κ3) is 3.42. The van der Waals surface area contributed by atoms with Crippen molar-refractivity contribution < 1.29 is 19.1 Å². The Morgan fingerprint density at radius 3 is 2.77 bits per heavy atom. The van der Waals surface area contributed by atoms with Gasteiger partial charge in [0.15, 0.2) is 5.72 Å². The highest BCUT2D eigenvalue weighted by Crippen LogP contribution is 2.54. The number of nitrogens with one attached hydrogen (secondary N) is 1. The zero-order chi connectivity index (χ0) is 24.2. The summed E-state index contributed by atoms with van der Waals surface area (Å²) < 4.78 is 11.9. The predicted octanol–water partition coefficient (Wildman–Crippen LogP) is 4.40. The Balaban J connectivity index is 1.40. The molecule has 35 heavy (non-hydrogen) atoms. The van der Waals surface area contributed by atoms with Crippen molar-refractivity contribution in [1.29, 1.82) is 0 Å². The molecule has 2 saturated heterocycles. The predicted molar refractivity (Wildman–Crippen MR) is 133 cm³/mol. The molecule has 0 spiro atoms. The molecular weight excluding hydrogens is 440 g/mol. The molecule has 3 aliphatic rings. The highest BCUT2D eigenvalue weighted by molar-refractivity contribution is 6.00. The van der Waals surface area contributed by atoms with Crippen molar-refractivity contribution in [3.05, 3.63) is 77.9 Å². The van der Waals surface area contributed by atoms with E-state index >= 15 is 0 Å². The Hall–Kier alpha value is -3.38. The number of piperidine rings is 2. The summed E-state index contributed by atoms with van der Waals surface area (Å²) in [6, 6.07) is 22.9. The van der Waals surface area contributed by atoms with Gasteiger partial charge in [-0.2, -0.15) is 0 Å². The minimum atomic E-state index is -0.883. The summed E-state index contributed by atoms with van der Waals surface area (Å²) in [6.07, 6.45) is 0.652. The number of para-hydroxylation sites is 1. The second-order valence-electron chi connectivity index (χ2n) is 9.87. The number of fused-ring (bicyclic) bond motifs is 3. The van der Waals surface area contributed by atoms with Crippen molar-refractivity contribution in [3.63, 3.8) is 0 Å². The first kappa shape index (κ1) is 22.1. The molecule has 2 fully saturated rings. The van der Waals surface area contributed by atoms with Crippen molar-refractivity contribution in [2.24, 2.45) is 11.8 Å². The summed E-state index contributed by atoms with van der Waals surface area (Å²) in [5, 5.41) is 5.62. The van der Waals surface area contributed by atoms with E-state index in [1.807, 2.05) is 24.3 Å². The maximum absolute atomic E-state index is 13.3. The lowest BCUT2D eigenvalue weighted by Gasteiger charge is -2.58. The van der Waals surface area contributed by atoms with Crippen LogP contribution in [-0.2, 0) is 14.3 Å². The summed E-state index contributed by atoms with van der Waals surface area (Å²) in [6.45, 7) is 5.75. The summed E-state index contributed by atoms with van der Waals surface area (Å²) in [7, 11) is 0. The number of ether oxygens (including phenoxy) is 2. The van der Waals surface area contributed by atoms with Crippen LogP contribution in [0.2, 0.25) is 0 Å². The quantitative estimate of drug-likeness (QED) is 0.452. The van der Waals surface area contributed by atoms with Gasteiger partial charge in [-0.1, -0.05) is 60.7 Å². The molecule has 6 rings (SSSR count). The lowest BCUT2D eigenvalue weighted by atomic mass is 9.64. The fraction of sp³-hybridized carbons (Fsp3) is 0.379. The van der Waals surface area contributed by atoms with Crippen LogP contribution >= 0.6 is 0 Å². The van der Waals surface area contributed by atoms with E-state index in [9.17, 15) is 9.59 Å². The van der Waals surface area contributed by atoms with E-state index < -0.39 is 17.6 Å². The summed E-state index contributed by atoms with van der Waals surface area (Å²) >= 11 is 0. The van der Waals surface area contributed by atoms with Gasteiger partial charge in [0.25, 0.3) is 0 Å². The maximum atomic E-state index is 13.3. The van der Waals surface area contributed by atoms with Gasteiger partial charge >= 0.3 is 5.97 Å². The van der Waals surface area contributed by atoms with Crippen LogP contribution in [0.1, 0.15) is 43.4 Å². The molecule has 4 unspecified atom stereocenters. The number of amides is 1. The first-order valence-electron chi connectivity index (χ1n) is 12.5. The van der Waals surface area contributed by atoms with Gasteiger partial charge in [-0.15, -0.1) is 0 Å². The molecule has 5 atom stereocenters. The zero-order valence-electron chi connectivity index (χ0n) is 20.1. The van der Waals surface area contributed by atoms with E-state index in [1.54, 1.807) is 6.92 Å².